The van der Waals surface area contributed by atoms with Crippen molar-refractivity contribution in [3.8, 4) is 0 Å². The molecule has 1 aromatic rings. The summed E-state index contributed by atoms with van der Waals surface area (Å²) >= 11 is 0. The number of phosphoric ester groups is 2. The third-order valence-electron chi connectivity index (χ3n) is 4.31. The number of anilines is 1. The molecular formula is C14H21N3O15P2-2. The number of aliphatic hydroxyl groups excluding tert-OH is 5. The predicted molar refractivity (Wildman–Crippen MR) is 101 cm³/mol. The summed E-state index contributed by atoms with van der Waals surface area (Å²) in [5.74, 6) is -1.40. The number of aliphatic hydroxyl groups is 5. The van der Waals surface area contributed by atoms with Gasteiger partial charge in [-0.15, -0.1) is 0 Å². The van der Waals surface area contributed by atoms with E-state index in [2.05, 4.69) is 18.3 Å². The summed E-state index contributed by atoms with van der Waals surface area (Å²) in [5.41, 5.74) is 4.40. The lowest BCUT2D eigenvalue weighted by molar-refractivity contribution is -0.246. The van der Waals surface area contributed by atoms with Gasteiger partial charge in [-0.2, -0.15) is 4.98 Å². The highest BCUT2D eigenvalue weighted by molar-refractivity contribution is 7.59. The van der Waals surface area contributed by atoms with Crippen molar-refractivity contribution in [1.29, 1.82) is 0 Å². The minimum atomic E-state index is -5.72. The van der Waals surface area contributed by atoms with Crippen molar-refractivity contribution in [1.82, 2.24) is 9.55 Å². The average Bonchev–Trinajstić information content (AvgIpc) is 3.03. The van der Waals surface area contributed by atoms with E-state index in [4.69, 9.17) is 15.6 Å². The van der Waals surface area contributed by atoms with Gasteiger partial charge in [0.05, 0.1) is 13.2 Å². The molecule has 0 aliphatic carbocycles. The Bertz CT molecular complexity index is 1020. The molecule has 1 fully saturated rings. The lowest BCUT2D eigenvalue weighted by Crippen LogP contribution is -2.38. The molecule has 2 rings (SSSR count). The fourth-order valence-corrected chi connectivity index (χ4v) is 4.64. The van der Waals surface area contributed by atoms with Crippen molar-refractivity contribution >= 4 is 27.2 Å². The normalized spacial score (nSPS) is 28.1. The number of hydrogen-bond acceptors (Lipinski definition) is 17. The Balaban J connectivity index is 1.94. The Morgan fingerprint density at radius 1 is 1.24 bits per heavy atom. The minimum absolute atomic E-state index is 0.134. The predicted octanol–water partition coefficient (Wildman–Crippen LogP) is -5.29. The summed E-state index contributed by atoms with van der Waals surface area (Å²) in [6.45, 7) is -3.54. The lowest BCUT2D eigenvalue weighted by Gasteiger charge is -2.32. The fraction of sp³-hybridized carbons (Fsp3) is 0.643. The van der Waals surface area contributed by atoms with Gasteiger partial charge in [0.15, 0.2) is 12.0 Å². The van der Waals surface area contributed by atoms with Gasteiger partial charge in [-0.25, -0.2) is 9.11 Å². The molecule has 18 nitrogen and oxygen atoms in total. The molecule has 194 valence electrons. The first-order valence-corrected chi connectivity index (χ1v) is 12.1. The number of Topliss-reactive ketones (excluding diaryl/α,β-unsaturated/α-hetero) is 1. The zero-order valence-corrected chi connectivity index (χ0v) is 18.7. The summed E-state index contributed by atoms with van der Waals surface area (Å²) in [5, 5.41) is 47.4. The standard InChI is InChI=1S/C14H23N3O15P2/c15-9-1-2-17(14(24)16-9)13-12(23)11(22)8(31-13)5-30-34(27,28)32-33(25,26)29-4-7(20)10(21)6(19)3-18/h1-2,7-8,10-13,18,20-23H,3-5H2,(H,25,26)(H,27,28)(H2,15,16,24)/p-2/t7-,8-,10-,11-,12-,13-/m1/s1. The maximum absolute atomic E-state index is 11.9. The van der Waals surface area contributed by atoms with Crippen molar-refractivity contribution in [3.63, 3.8) is 0 Å². The van der Waals surface area contributed by atoms with Gasteiger partial charge in [-0.3, -0.25) is 18.5 Å². The van der Waals surface area contributed by atoms with E-state index in [-0.39, 0.29) is 5.82 Å². The summed E-state index contributed by atoms with van der Waals surface area (Å²) in [6, 6.07) is 1.19. The molecule has 0 bridgehead atoms. The molecule has 34 heavy (non-hydrogen) atoms. The maximum Gasteiger partial charge on any atom is 0.351 e. The van der Waals surface area contributed by atoms with Gasteiger partial charge in [0, 0.05) is 6.20 Å². The largest absolute Gasteiger partial charge is 0.756 e. The topological polar surface area (TPSA) is 296 Å². The number of carbonyl (C=O) groups is 1. The van der Waals surface area contributed by atoms with E-state index in [9.17, 15) is 48.9 Å². The molecule has 1 aliphatic heterocycles. The van der Waals surface area contributed by atoms with Crippen LogP contribution in [0.2, 0.25) is 0 Å². The first kappa shape index (κ1) is 28.6. The SMILES string of the molecule is Nc1ccn([C@@H]2O[C@H](COP(=O)([O-])OP(=O)([O-])OC[C@@H](O)[C@H](O)C(=O)CO)[C@@H](O)[C@H]2O)c(=O)n1. The Kier molecular flexibility index (Phi) is 9.59. The third kappa shape index (κ3) is 7.43. The zero-order chi connectivity index (χ0) is 25.8. The van der Waals surface area contributed by atoms with E-state index < -0.39 is 83.7 Å². The second kappa shape index (κ2) is 11.4. The van der Waals surface area contributed by atoms with Crippen molar-refractivity contribution in [2.75, 3.05) is 25.6 Å². The quantitative estimate of drug-likeness (QED) is 0.137. The summed E-state index contributed by atoms with van der Waals surface area (Å²) < 4.78 is 41.6. The van der Waals surface area contributed by atoms with Gasteiger partial charge >= 0.3 is 5.69 Å². The van der Waals surface area contributed by atoms with E-state index in [1.54, 1.807) is 0 Å². The van der Waals surface area contributed by atoms with Crippen LogP contribution in [0.15, 0.2) is 17.1 Å². The number of ether oxygens (including phenoxy) is 1. The third-order valence-corrected chi connectivity index (χ3v) is 6.84. The number of ketones is 1. The van der Waals surface area contributed by atoms with E-state index in [1.165, 1.54) is 6.07 Å². The second-order valence-electron chi connectivity index (χ2n) is 6.79. The highest BCUT2D eigenvalue weighted by atomic mass is 31.3. The van der Waals surface area contributed by atoms with Gasteiger partial charge in [-0.05, 0) is 6.07 Å². The summed E-state index contributed by atoms with van der Waals surface area (Å²) in [6.07, 6.45) is -9.89. The molecule has 2 heterocycles. The molecule has 8 atom stereocenters. The molecule has 0 radical (unpaired) electrons. The molecule has 0 aromatic carbocycles. The highest BCUT2D eigenvalue weighted by Crippen LogP contribution is 2.55. The molecule has 20 heteroatoms. The summed E-state index contributed by atoms with van der Waals surface area (Å²) in [7, 11) is -11.4. The van der Waals surface area contributed by atoms with Crippen LogP contribution in [0.3, 0.4) is 0 Å². The maximum atomic E-state index is 11.9. The monoisotopic (exact) mass is 533 g/mol. The number of carbonyl (C=O) groups excluding carboxylic acids is 1. The van der Waals surface area contributed by atoms with Crippen LogP contribution in [0.25, 0.3) is 0 Å². The van der Waals surface area contributed by atoms with Gasteiger partial charge in [0.25, 0.3) is 15.6 Å². The van der Waals surface area contributed by atoms with Crippen LogP contribution in [0.4, 0.5) is 5.82 Å². The number of aromatic nitrogens is 2. The smallest absolute Gasteiger partial charge is 0.351 e. The first-order chi connectivity index (χ1) is 15.7. The first-order valence-electron chi connectivity index (χ1n) is 9.16. The van der Waals surface area contributed by atoms with Gasteiger partial charge in [0.2, 0.25) is 0 Å². The molecule has 2 unspecified atom stereocenters. The zero-order valence-electron chi connectivity index (χ0n) is 16.9. The molecule has 1 aliphatic rings. The van der Waals surface area contributed by atoms with E-state index in [0.29, 0.717) is 0 Å². The van der Waals surface area contributed by atoms with E-state index in [0.717, 1.165) is 10.8 Å². The Morgan fingerprint density at radius 2 is 1.85 bits per heavy atom. The van der Waals surface area contributed by atoms with E-state index >= 15 is 0 Å². The Morgan fingerprint density at radius 3 is 2.44 bits per heavy atom. The van der Waals surface area contributed by atoms with Crippen LogP contribution in [0, 0.1) is 0 Å². The molecule has 7 N–H and O–H groups in total. The number of rotatable bonds is 12. The van der Waals surface area contributed by atoms with E-state index in [1.807, 2.05) is 0 Å². The van der Waals surface area contributed by atoms with Crippen LogP contribution in [-0.4, -0.2) is 91.2 Å². The van der Waals surface area contributed by atoms with Crippen LogP contribution < -0.4 is 21.2 Å². The Labute approximate surface area is 190 Å². The number of hydrogen-bond donors (Lipinski definition) is 6. The molecule has 0 amide bonds. The second-order valence-corrected chi connectivity index (χ2v) is 9.75. The molecule has 0 saturated carbocycles. The van der Waals surface area contributed by atoms with Gasteiger partial charge < -0.3 is 54.8 Å². The number of nitrogens with zero attached hydrogens (tertiary/aromatic N) is 2. The van der Waals surface area contributed by atoms with Crippen molar-refractivity contribution in [2.45, 2.75) is 36.7 Å². The van der Waals surface area contributed by atoms with Gasteiger partial charge in [0.1, 0.15) is 42.9 Å². The fourth-order valence-electron chi connectivity index (χ4n) is 2.62. The number of phosphoric acid groups is 2. The van der Waals surface area contributed by atoms with Gasteiger partial charge in [-0.1, -0.05) is 0 Å². The van der Waals surface area contributed by atoms with Crippen LogP contribution in [0.5, 0.6) is 0 Å². The molecular weight excluding hydrogens is 512 g/mol. The highest BCUT2D eigenvalue weighted by Gasteiger charge is 2.44. The molecule has 1 aromatic heterocycles. The minimum Gasteiger partial charge on any atom is -0.756 e. The Hall–Kier alpha value is -1.63. The summed E-state index contributed by atoms with van der Waals surface area (Å²) in [4.78, 5) is 49.8. The number of nitrogen functional groups attached to an aromatic ring is 1. The molecule has 1 saturated heterocycles. The van der Waals surface area contributed by atoms with Crippen LogP contribution in [-0.2, 0) is 32.0 Å². The van der Waals surface area contributed by atoms with Crippen molar-refractivity contribution in [3.05, 3.63) is 22.7 Å². The number of nitrogens with two attached hydrogens (primary N) is 1. The van der Waals surface area contributed by atoms with Crippen LogP contribution >= 0.6 is 15.6 Å². The average molecular weight is 533 g/mol. The van der Waals surface area contributed by atoms with Crippen molar-refractivity contribution < 1.29 is 67.3 Å². The molecule has 0 spiro atoms. The van der Waals surface area contributed by atoms with Crippen LogP contribution in [0.1, 0.15) is 6.23 Å². The van der Waals surface area contributed by atoms with Crippen molar-refractivity contribution in [2.24, 2.45) is 0 Å². The lowest BCUT2D eigenvalue weighted by atomic mass is 10.1.